The Balaban J connectivity index is 2.01. The number of hydrogen-bond acceptors (Lipinski definition) is 4. The van der Waals surface area contributed by atoms with Crippen molar-refractivity contribution >= 4 is 17.3 Å². The van der Waals surface area contributed by atoms with Gasteiger partial charge in [0.25, 0.3) is 0 Å². The van der Waals surface area contributed by atoms with Gasteiger partial charge in [0, 0.05) is 10.9 Å². The zero-order chi connectivity index (χ0) is 13.3. The third-order valence-corrected chi connectivity index (χ3v) is 4.99. The lowest BCUT2D eigenvalue weighted by molar-refractivity contribution is -0.143. The Labute approximate surface area is 112 Å². The predicted molar refractivity (Wildman–Crippen MR) is 71.9 cm³/mol. The summed E-state index contributed by atoms with van der Waals surface area (Å²) < 4.78 is 0. The SMILES string of the molecule is Cc1nc(C)c(C(C)N2CCC(C(=O)O)CC2)s1. The van der Waals surface area contributed by atoms with Crippen molar-refractivity contribution in [2.24, 2.45) is 5.92 Å². The average molecular weight is 268 g/mol. The van der Waals surface area contributed by atoms with Gasteiger partial charge in [-0.15, -0.1) is 11.3 Å². The van der Waals surface area contributed by atoms with Gasteiger partial charge >= 0.3 is 5.97 Å². The lowest BCUT2D eigenvalue weighted by Gasteiger charge is -2.34. The molecule has 1 atom stereocenters. The van der Waals surface area contributed by atoms with E-state index in [9.17, 15) is 4.79 Å². The van der Waals surface area contributed by atoms with Crippen LogP contribution in [0, 0.1) is 19.8 Å². The van der Waals surface area contributed by atoms with Crippen molar-refractivity contribution in [1.82, 2.24) is 9.88 Å². The topological polar surface area (TPSA) is 53.4 Å². The van der Waals surface area contributed by atoms with Crippen LogP contribution in [0.15, 0.2) is 0 Å². The average Bonchev–Trinajstić information content (AvgIpc) is 2.67. The number of likely N-dealkylation sites (tertiary alicyclic amines) is 1. The Morgan fingerprint density at radius 1 is 1.44 bits per heavy atom. The molecule has 1 aromatic heterocycles. The minimum atomic E-state index is -0.646. The van der Waals surface area contributed by atoms with Crippen molar-refractivity contribution in [3.05, 3.63) is 15.6 Å². The third-order valence-electron chi connectivity index (χ3n) is 3.75. The molecule has 0 radical (unpaired) electrons. The van der Waals surface area contributed by atoms with Crippen molar-refractivity contribution < 1.29 is 9.90 Å². The maximum Gasteiger partial charge on any atom is 0.306 e. The number of aliphatic carboxylic acids is 1. The lowest BCUT2D eigenvalue weighted by atomic mass is 9.96. The maximum atomic E-state index is 10.9. The molecule has 0 aromatic carbocycles. The van der Waals surface area contributed by atoms with Gasteiger partial charge in [0.2, 0.25) is 0 Å². The molecule has 0 saturated carbocycles. The van der Waals surface area contributed by atoms with E-state index in [0.29, 0.717) is 6.04 Å². The van der Waals surface area contributed by atoms with Crippen LogP contribution in [0.4, 0.5) is 0 Å². The first-order valence-corrected chi connectivity index (χ1v) is 7.21. The van der Waals surface area contributed by atoms with Gasteiger partial charge in [0.05, 0.1) is 16.6 Å². The van der Waals surface area contributed by atoms with Gasteiger partial charge in [0.15, 0.2) is 0 Å². The number of carbonyl (C=O) groups is 1. The molecule has 1 unspecified atom stereocenters. The fourth-order valence-electron chi connectivity index (χ4n) is 2.63. The van der Waals surface area contributed by atoms with Crippen LogP contribution in [0.2, 0.25) is 0 Å². The highest BCUT2D eigenvalue weighted by atomic mass is 32.1. The predicted octanol–water partition coefficient (Wildman–Crippen LogP) is 2.62. The monoisotopic (exact) mass is 268 g/mol. The van der Waals surface area contributed by atoms with E-state index in [1.807, 2.05) is 6.92 Å². The molecule has 0 aliphatic carbocycles. The number of carboxylic acids is 1. The Hall–Kier alpha value is -0.940. The number of thiazole rings is 1. The van der Waals surface area contributed by atoms with Crippen LogP contribution in [-0.4, -0.2) is 34.0 Å². The normalized spacial score (nSPS) is 19.9. The summed E-state index contributed by atoms with van der Waals surface area (Å²) in [6, 6.07) is 0.353. The number of nitrogens with zero attached hydrogens (tertiary/aromatic N) is 2. The fourth-order valence-corrected chi connectivity index (χ4v) is 3.65. The summed E-state index contributed by atoms with van der Waals surface area (Å²) in [5.74, 6) is -0.801. The molecule has 0 amide bonds. The summed E-state index contributed by atoms with van der Waals surface area (Å²) in [5, 5.41) is 10.1. The minimum absolute atomic E-state index is 0.155. The van der Waals surface area contributed by atoms with E-state index in [4.69, 9.17) is 5.11 Å². The molecule has 18 heavy (non-hydrogen) atoms. The molecular weight excluding hydrogens is 248 g/mol. The molecule has 1 aliphatic rings. The van der Waals surface area contributed by atoms with Gasteiger partial charge in [-0.25, -0.2) is 4.98 Å². The molecule has 1 saturated heterocycles. The van der Waals surface area contributed by atoms with Crippen LogP contribution in [0.3, 0.4) is 0 Å². The molecule has 2 rings (SSSR count). The van der Waals surface area contributed by atoms with E-state index in [2.05, 4.69) is 23.7 Å². The van der Waals surface area contributed by atoms with Crippen LogP contribution in [0.25, 0.3) is 0 Å². The quantitative estimate of drug-likeness (QED) is 0.915. The van der Waals surface area contributed by atoms with Crippen LogP contribution in [0.5, 0.6) is 0 Å². The van der Waals surface area contributed by atoms with Crippen molar-refractivity contribution in [1.29, 1.82) is 0 Å². The van der Waals surface area contributed by atoms with Crippen LogP contribution in [0.1, 0.15) is 41.4 Å². The maximum absolute atomic E-state index is 10.9. The minimum Gasteiger partial charge on any atom is -0.481 e. The molecule has 100 valence electrons. The first-order valence-electron chi connectivity index (χ1n) is 6.40. The first-order chi connectivity index (χ1) is 8.49. The molecule has 1 fully saturated rings. The van der Waals surface area contributed by atoms with Crippen molar-refractivity contribution in [2.75, 3.05) is 13.1 Å². The molecule has 0 spiro atoms. The Bertz CT molecular complexity index is 436. The van der Waals surface area contributed by atoms with Gasteiger partial charge in [0.1, 0.15) is 0 Å². The summed E-state index contributed by atoms with van der Waals surface area (Å²) in [5.41, 5.74) is 1.12. The number of piperidine rings is 1. The molecule has 4 nitrogen and oxygen atoms in total. The number of carboxylic acid groups (broad SMARTS) is 1. The highest BCUT2D eigenvalue weighted by Crippen LogP contribution is 2.31. The molecule has 1 N–H and O–H groups in total. The standard InChI is InChI=1S/C13H20N2O2S/c1-8-12(18-10(3)14-8)9(2)15-6-4-11(5-7-15)13(16)17/h9,11H,4-7H2,1-3H3,(H,16,17). The largest absolute Gasteiger partial charge is 0.481 e. The first kappa shape index (κ1) is 13.5. The zero-order valence-electron chi connectivity index (χ0n) is 11.1. The number of aromatic nitrogens is 1. The van der Waals surface area contributed by atoms with E-state index in [-0.39, 0.29) is 5.92 Å². The molecule has 2 heterocycles. The highest BCUT2D eigenvalue weighted by Gasteiger charge is 2.28. The van der Waals surface area contributed by atoms with Gasteiger partial charge < -0.3 is 5.11 Å². The Morgan fingerprint density at radius 3 is 2.50 bits per heavy atom. The van der Waals surface area contributed by atoms with Gasteiger partial charge in [-0.2, -0.15) is 0 Å². The number of hydrogen-bond donors (Lipinski definition) is 1. The van der Waals surface area contributed by atoms with Crippen molar-refractivity contribution in [3.63, 3.8) is 0 Å². The second-order valence-corrected chi connectivity index (χ2v) is 6.24. The van der Waals surface area contributed by atoms with E-state index in [1.54, 1.807) is 11.3 Å². The smallest absolute Gasteiger partial charge is 0.306 e. The van der Waals surface area contributed by atoms with Crippen molar-refractivity contribution in [3.8, 4) is 0 Å². The van der Waals surface area contributed by atoms with E-state index in [0.717, 1.165) is 36.6 Å². The molecule has 1 aromatic rings. The number of aryl methyl sites for hydroxylation is 2. The molecule has 5 heteroatoms. The Morgan fingerprint density at radius 2 is 2.06 bits per heavy atom. The van der Waals surface area contributed by atoms with Crippen LogP contribution in [-0.2, 0) is 4.79 Å². The van der Waals surface area contributed by atoms with Crippen molar-refractivity contribution in [2.45, 2.75) is 39.7 Å². The highest BCUT2D eigenvalue weighted by molar-refractivity contribution is 7.11. The molecule has 0 bridgehead atoms. The summed E-state index contributed by atoms with van der Waals surface area (Å²) in [4.78, 5) is 19.1. The third kappa shape index (κ3) is 2.72. The van der Waals surface area contributed by atoms with E-state index >= 15 is 0 Å². The molecule has 1 aliphatic heterocycles. The summed E-state index contributed by atoms with van der Waals surface area (Å²) in [7, 11) is 0. The van der Waals surface area contributed by atoms with Crippen LogP contribution >= 0.6 is 11.3 Å². The van der Waals surface area contributed by atoms with Gasteiger partial charge in [-0.05, 0) is 46.7 Å². The van der Waals surface area contributed by atoms with E-state index in [1.165, 1.54) is 4.88 Å². The van der Waals surface area contributed by atoms with Gasteiger partial charge in [-0.1, -0.05) is 0 Å². The Kier molecular flexibility index (Phi) is 4.02. The van der Waals surface area contributed by atoms with E-state index < -0.39 is 5.97 Å². The summed E-state index contributed by atoms with van der Waals surface area (Å²) >= 11 is 1.75. The second kappa shape index (κ2) is 5.36. The second-order valence-electron chi connectivity index (χ2n) is 5.01. The summed E-state index contributed by atoms with van der Waals surface area (Å²) in [6.07, 6.45) is 1.52. The fraction of sp³-hybridized carbons (Fsp3) is 0.692. The zero-order valence-corrected chi connectivity index (χ0v) is 12.0. The summed E-state index contributed by atoms with van der Waals surface area (Å²) in [6.45, 7) is 8.02. The lowest BCUT2D eigenvalue weighted by Crippen LogP contribution is -2.37. The van der Waals surface area contributed by atoms with Crippen LogP contribution < -0.4 is 0 Å². The molecular formula is C13H20N2O2S. The number of rotatable bonds is 3. The van der Waals surface area contributed by atoms with Gasteiger partial charge in [-0.3, -0.25) is 9.69 Å².